The van der Waals surface area contributed by atoms with Gasteiger partial charge >= 0.3 is 0 Å². The molecule has 1 heterocycles. The number of halogens is 1. The summed E-state index contributed by atoms with van der Waals surface area (Å²) in [6.45, 7) is 1.39. The van der Waals surface area contributed by atoms with Crippen LogP contribution in [-0.2, 0) is 17.7 Å². The minimum atomic E-state index is 0.664. The van der Waals surface area contributed by atoms with E-state index in [0.717, 1.165) is 28.9 Å². The monoisotopic (exact) mass is 309 g/mol. The van der Waals surface area contributed by atoms with Crippen LogP contribution in [0.15, 0.2) is 45.5 Å². The van der Waals surface area contributed by atoms with Crippen LogP contribution in [0.4, 0.5) is 5.69 Å². The fourth-order valence-corrected chi connectivity index (χ4v) is 2.09. The van der Waals surface area contributed by atoms with Crippen molar-refractivity contribution in [1.29, 1.82) is 0 Å². The molecule has 0 spiro atoms. The second-order valence-corrected chi connectivity index (χ2v) is 4.80. The van der Waals surface area contributed by atoms with Crippen LogP contribution < -0.4 is 5.32 Å². The largest absolute Gasteiger partial charge is 0.466 e. The Morgan fingerprint density at radius 1 is 1.28 bits per heavy atom. The summed E-state index contributed by atoms with van der Waals surface area (Å²) in [6, 6.07) is 10.1. The van der Waals surface area contributed by atoms with E-state index in [1.165, 1.54) is 5.56 Å². The normalized spacial score (nSPS) is 10.6. The smallest absolute Gasteiger partial charge is 0.136 e. The molecule has 0 saturated carbocycles. The van der Waals surface area contributed by atoms with Crippen LogP contribution in [0.3, 0.4) is 0 Å². The first kappa shape index (κ1) is 13.2. The van der Waals surface area contributed by atoms with Crippen LogP contribution in [0.1, 0.15) is 11.3 Å². The second kappa shape index (κ2) is 6.61. The molecule has 0 aliphatic carbocycles. The number of furan rings is 1. The number of anilines is 1. The van der Waals surface area contributed by atoms with Crippen LogP contribution in [0, 0.1) is 0 Å². The Labute approximate surface area is 115 Å². The Bertz CT molecular complexity index is 496. The van der Waals surface area contributed by atoms with Gasteiger partial charge in [0.25, 0.3) is 0 Å². The summed E-state index contributed by atoms with van der Waals surface area (Å²) in [5, 5.41) is 3.39. The lowest BCUT2D eigenvalue weighted by atomic mass is 10.1. The van der Waals surface area contributed by atoms with Gasteiger partial charge in [-0.3, -0.25) is 0 Å². The Kier molecular flexibility index (Phi) is 4.84. The third-order valence-electron chi connectivity index (χ3n) is 2.72. The fourth-order valence-electron chi connectivity index (χ4n) is 1.75. The van der Waals surface area contributed by atoms with Crippen LogP contribution in [0.5, 0.6) is 0 Å². The number of ether oxygens (including phenoxy) is 1. The van der Waals surface area contributed by atoms with Crippen molar-refractivity contribution in [2.75, 3.05) is 19.0 Å². The first-order chi connectivity index (χ1) is 8.81. The predicted molar refractivity (Wildman–Crippen MR) is 75.8 cm³/mol. The Balaban J connectivity index is 2.02. The summed E-state index contributed by atoms with van der Waals surface area (Å²) >= 11 is 3.45. The molecular formula is C14H16BrNO2. The van der Waals surface area contributed by atoms with Crippen LogP contribution >= 0.6 is 15.9 Å². The highest BCUT2D eigenvalue weighted by Crippen LogP contribution is 2.21. The maximum Gasteiger partial charge on any atom is 0.136 e. The van der Waals surface area contributed by atoms with Gasteiger partial charge in [0.1, 0.15) is 5.76 Å². The molecule has 2 aromatic rings. The zero-order chi connectivity index (χ0) is 12.8. The summed E-state index contributed by atoms with van der Waals surface area (Å²) in [4.78, 5) is 0. The molecule has 0 unspecified atom stereocenters. The Morgan fingerprint density at radius 3 is 2.83 bits per heavy atom. The number of methoxy groups -OCH3 is 1. The molecule has 0 aliphatic rings. The van der Waals surface area contributed by atoms with Crippen molar-refractivity contribution in [3.63, 3.8) is 0 Å². The molecule has 1 N–H and O–H groups in total. The van der Waals surface area contributed by atoms with E-state index in [-0.39, 0.29) is 0 Å². The number of benzene rings is 1. The number of hydrogen-bond acceptors (Lipinski definition) is 3. The molecular weight excluding hydrogens is 294 g/mol. The summed E-state index contributed by atoms with van der Waals surface area (Å²) in [5.74, 6) is 0.900. The number of rotatable bonds is 6. The molecule has 1 aromatic heterocycles. The average molecular weight is 310 g/mol. The third kappa shape index (κ3) is 3.37. The van der Waals surface area contributed by atoms with Crippen molar-refractivity contribution >= 4 is 21.6 Å². The van der Waals surface area contributed by atoms with E-state index in [1.54, 1.807) is 13.4 Å². The summed E-state index contributed by atoms with van der Waals surface area (Å²) in [6.07, 6.45) is 2.58. The maximum atomic E-state index is 5.37. The van der Waals surface area contributed by atoms with Gasteiger partial charge in [-0.15, -0.1) is 0 Å². The second-order valence-electron chi connectivity index (χ2n) is 3.95. The Hall–Kier alpha value is -1.26. The number of nitrogens with one attached hydrogen (secondary N) is 1. The zero-order valence-corrected chi connectivity index (χ0v) is 11.9. The van der Waals surface area contributed by atoms with Gasteiger partial charge in [-0.1, -0.05) is 18.2 Å². The lowest BCUT2D eigenvalue weighted by molar-refractivity contribution is 0.202. The van der Waals surface area contributed by atoms with Gasteiger partial charge in [0, 0.05) is 12.8 Å². The van der Waals surface area contributed by atoms with Crippen molar-refractivity contribution in [3.05, 3.63) is 52.4 Å². The summed E-state index contributed by atoms with van der Waals surface area (Å²) < 4.78 is 11.5. The van der Waals surface area contributed by atoms with E-state index in [0.29, 0.717) is 6.54 Å². The van der Waals surface area contributed by atoms with Crippen LogP contribution in [0.25, 0.3) is 0 Å². The molecule has 3 nitrogen and oxygen atoms in total. The molecule has 0 radical (unpaired) electrons. The molecule has 18 heavy (non-hydrogen) atoms. The third-order valence-corrected chi connectivity index (χ3v) is 3.43. The molecule has 0 aliphatic heterocycles. The van der Waals surface area contributed by atoms with Gasteiger partial charge in [0.15, 0.2) is 0 Å². The molecule has 0 amide bonds. The van der Waals surface area contributed by atoms with E-state index in [2.05, 4.69) is 33.4 Å². The fraction of sp³-hybridized carbons (Fsp3) is 0.286. The van der Waals surface area contributed by atoms with E-state index >= 15 is 0 Å². The lowest BCUT2D eigenvalue weighted by Gasteiger charge is -2.11. The van der Waals surface area contributed by atoms with Crippen LogP contribution in [-0.4, -0.2) is 13.7 Å². The molecule has 0 bridgehead atoms. The van der Waals surface area contributed by atoms with Gasteiger partial charge in [-0.2, -0.15) is 0 Å². The van der Waals surface area contributed by atoms with Crippen molar-refractivity contribution < 1.29 is 9.15 Å². The summed E-state index contributed by atoms with van der Waals surface area (Å²) in [5.41, 5.74) is 2.37. The topological polar surface area (TPSA) is 34.4 Å². The van der Waals surface area contributed by atoms with Gasteiger partial charge in [0.2, 0.25) is 0 Å². The molecule has 4 heteroatoms. The SMILES string of the molecule is COCCc1ccccc1NCc1occc1Br. The lowest BCUT2D eigenvalue weighted by Crippen LogP contribution is -2.04. The highest BCUT2D eigenvalue weighted by molar-refractivity contribution is 9.10. The first-order valence-corrected chi connectivity index (χ1v) is 6.63. The van der Waals surface area contributed by atoms with E-state index in [9.17, 15) is 0 Å². The van der Waals surface area contributed by atoms with Gasteiger partial charge in [-0.05, 0) is 40.0 Å². The Morgan fingerprint density at radius 2 is 2.11 bits per heavy atom. The highest BCUT2D eigenvalue weighted by atomic mass is 79.9. The van der Waals surface area contributed by atoms with Crippen molar-refractivity contribution in [3.8, 4) is 0 Å². The number of hydrogen-bond donors (Lipinski definition) is 1. The van der Waals surface area contributed by atoms with Crippen molar-refractivity contribution in [1.82, 2.24) is 0 Å². The molecule has 1 aromatic carbocycles. The van der Waals surface area contributed by atoms with Gasteiger partial charge in [-0.25, -0.2) is 0 Å². The highest BCUT2D eigenvalue weighted by Gasteiger charge is 2.05. The quantitative estimate of drug-likeness (QED) is 0.880. The van der Waals surface area contributed by atoms with Gasteiger partial charge in [0.05, 0.1) is 23.9 Å². The predicted octanol–water partition coefficient (Wildman–Crippen LogP) is 3.84. The molecule has 2 rings (SSSR count). The van der Waals surface area contributed by atoms with E-state index in [1.807, 2.05) is 18.2 Å². The van der Waals surface area contributed by atoms with E-state index in [4.69, 9.17) is 9.15 Å². The molecule has 0 saturated heterocycles. The molecule has 96 valence electrons. The van der Waals surface area contributed by atoms with Gasteiger partial charge < -0.3 is 14.5 Å². The maximum absolute atomic E-state index is 5.37. The molecule has 0 fully saturated rings. The first-order valence-electron chi connectivity index (χ1n) is 5.84. The summed E-state index contributed by atoms with van der Waals surface area (Å²) in [7, 11) is 1.72. The standard InChI is InChI=1S/C14H16BrNO2/c1-17-8-6-11-4-2-3-5-13(11)16-10-14-12(15)7-9-18-14/h2-5,7,9,16H,6,8,10H2,1H3. The minimum Gasteiger partial charge on any atom is -0.466 e. The average Bonchev–Trinajstić information content (AvgIpc) is 2.80. The number of para-hydroxylation sites is 1. The van der Waals surface area contributed by atoms with E-state index < -0.39 is 0 Å². The minimum absolute atomic E-state index is 0.664. The van der Waals surface area contributed by atoms with Crippen molar-refractivity contribution in [2.45, 2.75) is 13.0 Å². The van der Waals surface area contributed by atoms with Crippen LogP contribution in [0.2, 0.25) is 0 Å². The van der Waals surface area contributed by atoms with Crippen molar-refractivity contribution in [2.24, 2.45) is 0 Å². The zero-order valence-electron chi connectivity index (χ0n) is 10.3. The molecule has 0 atom stereocenters.